The molecule has 1 saturated heterocycles. The normalized spacial score (nSPS) is 25.5. The Morgan fingerprint density at radius 3 is 2.76 bits per heavy atom. The van der Waals surface area contributed by atoms with Crippen LogP contribution in [0, 0.1) is 0 Å². The summed E-state index contributed by atoms with van der Waals surface area (Å²) >= 11 is 0. The molecule has 1 aliphatic heterocycles. The van der Waals surface area contributed by atoms with Gasteiger partial charge in [0.05, 0.1) is 5.54 Å². The molecule has 1 aromatic carbocycles. The number of hydrogen-bond acceptors (Lipinski definition) is 3. The number of nitrogens with one attached hydrogen (secondary N) is 2. The number of carbonyl (C=O) groups is 1. The molecule has 0 spiro atoms. The predicted octanol–water partition coefficient (Wildman–Crippen LogP) is 0.588. The number of benzene rings is 1. The Kier molecular flexibility index (Phi) is 3.45. The first-order chi connectivity index (χ1) is 8.11. The van der Waals surface area contributed by atoms with Gasteiger partial charge in [-0.3, -0.25) is 4.79 Å². The average Bonchev–Trinajstić information content (AvgIpc) is 2.76. The minimum Gasteiger partial charge on any atom is -0.378 e. The molecule has 17 heavy (non-hydrogen) atoms. The summed E-state index contributed by atoms with van der Waals surface area (Å²) in [5.74, 6) is -0.331. The van der Waals surface area contributed by atoms with E-state index in [1.807, 2.05) is 25.1 Å². The molecular formula is C13H18N2O2. The fourth-order valence-electron chi connectivity index (χ4n) is 2.08. The third kappa shape index (κ3) is 2.84. The second kappa shape index (κ2) is 4.85. The van der Waals surface area contributed by atoms with Crippen LogP contribution in [-0.4, -0.2) is 29.6 Å². The molecule has 2 atom stereocenters. The van der Waals surface area contributed by atoms with Crippen LogP contribution in [0.5, 0.6) is 0 Å². The summed E-state index contributed by atoms with van der Waals surface area (Å²) in [6.07, 6.45) is -0.200. The van der Waals surface area contributed by atoms with Crippen molar-refractivity contribution in [2.75, 3.05) is 13.1 Å². The Hall–Kier alpha value is -1.39. The molecule has 2 unspecified atom stereocenters. The van der Waals surface area contributed by atoms with E-state index in [1.54, 1.807) is 12.1 Å². The van der Waals surface area contributed by atoms with Crippen LogP contribution in [-0.2, 0) is 4.79 Å². The first-order valence-corrected chi connectivity index (χ1v) is 5.86. The van der Waals surface area contributed by atoms with Crippen LogP contribution >= 0.6 is 0 Å². The maximum atomic E-state index is 11.9. The summed E-state index contributed by atoms with van der Waals surface area (Å²) in [5, 5.41) is 16.0. The molecule has 0 aromatic heterocycles. The van der Waals surface area contributed by atoms with E-state index in [1.165, 1.54) is 0 Å². The Morgan fingerprint density at radius 1 is 1.47 bits per heavy atom. The van der Waals surface area contributed by atoms with Gasteiger partial charge in [-0.15, -0.1) is 0 Å². The molecule has 1 aliphatic rings. The standard InChI is InChI=1S/C13H18N2O2/c1-13(7-8-14-9-13)15-12(17)11(16)10-5-3-2-4-6-10/h2-6,11,14,16H,7-9H2,1H3,(H,15,17). The quantitative estimate of drug-likeness (QED) is 0.717. The molecule has 0 saturated carbocycles. The van der Waals surface area contributed by atoms with E-state index >= 15 is 0 Å². The molecule has 1 heterocycles. The third-order valence-electron chi connectivity index (χ3n) is 3.16. The van der Waals surface area contributed by atoms with E-state index in [0.29, 0.717) is 5.56 Å². The van der Waals surface area contributed by atoms with Gasteiger partial charge < -0.3 is 15.7 Å². The molecule has 4 nitrogen and oxygen atoms in total. The number of amides is 1. The zero-order valence-corrected chi connectivity index (χ0v) is 9.94. The Labute approximate surface area is 101 Å². The van der Waals surface area contributed by atoms with Gasteiger partial charge in [-0.05, 0) is 25.5 Å². The predicted molar refractivity (Wildman–Crippen MR) is 65.4 cm³/mol. The van der Waals surface area contributed by atoms with Gasteiger partial charge in [0.2, 0.25) is 0 Å². The molecule has 0 bridgehead atoms. The van der Waals surface area contributed by atoms with Gasteiger partial charge >= 0.3 is 0 Å². The van der Waals surface area contributed by atoms with E-state index in [9.17, 15) is 9.90 Å². The van der Waals surface area contributed by atoms with Crippen molar-refractivity contribution in [2.24, 2.45) is 0 Å². The van der Waals surface area contributed by atoms with Crippen LogP contribution in [0.2, 0.25) is 0 Å². The molecule has 0 radical (unpaired) electrons. The van der Waals surface area contributed by atoms with E-state index in [4.69, 9.17) is 0 Å². The Balaban J connectivity index is 2.01. The molecule has 0 aliphatic carbocycles. The van der Waals surface area contributed by atoms with E-state index < -0.39 is 6.10 Å². The zero-order valence-electron chi connectivity index (χ0n) is 9.94. The van der Waals surface area contributed by atoms with Gasteiger partial charge in [-0.25, -0.2) is 0 Å². The highest BCUT2D eigenvalue weighted by Crippen LogP contribution is 2.17. The minimum absolute atomic E-state index is 0.243. The highest BCUT2D eigenvalue weighted by molar-refractivity contribution is 5.82. The van der Waals surface area contributed by atoms with Crippen molar-refractivity contribution in [3.63, 3.8) is 0 Å². The minimum atomic E-state index is -1.09. The summed E-state index contributed by atoms with van der Waals surface area (Å²) < 4.78 is 0. The van der Waals surface area contributed by atoms with Crippen molar-refractivity contribution < 1.29 is 9.90 Å². The molecule has 1 amide bonds. The van der Waals surface area contributed by atoms with Crippen LogP contribution in [0.1, 0.15) is 25.0 Å². The van der Waals surface area contributed by atoms with Crippen molar-refractivity contribution >= 4 is 5.91 Å². The lowest BCUT2D eigenvalue weighted by Crippen LogP contribution is -2.49. The van der Waals surface area contributed by atoms with Crippen LogP contribution < -0.4 is 10.6 Å². The van der Waals surface area contributed by atoms with E-state index in [0.717, 1.165) is 19.5 Å². The van der Waals surface area contributed by atoms with Crippen molar-refractivity contribution in [2.45, 2.75) is 25.0 Å². The molecule has 4 heteroatoms. The van der Waals surface area contributed by atoms with Crippen molar-refractivity contribution in [1.82, 2.24) is 10.6 Å². The maximum absolute atomic E-state index is 11.9. The number of carbonyl (C=O) groups excluding carboxylic acids is 1. The van der Waals surface area contributed by atoms with Gasteiger partial charge in [-0.2, -0.15) is 0 Å². The molecule has 2 rings (SSSR count). The first kappa shape index (κ1) is 12.1. The topological polar surface area (TPSA) is 61.4 Å². The molecule has 1 fully saturated rings. The van der Waals surface area contributed by atoms with Crippen molar-refractivity contribution in [3.05, 3.63) is 35.9 Å². The lowest BCUT2D eigenvalue weighted by Gasteiger charge is -2.26. The molecule has 3 N–H and O–H groups in total. The smallest absolute Gasteiger partial charge is 0.253 e. The van der Waals surface area contributed by atoms with Crippen molar-refractivity contribution in [1.29, 1.82) is 0 Å². The van der Waals surface area contributed by atoms with E-state index in [-0.39, 0.29) is 11.4 Å². The second-order valence-electron chi connectivity index (χ2n) is 4.79. The summed E-state index contributed by atoms with van der Waals surface area (Å²) in [5.41, 5.74) is 0.381. The van der Waals surface area contributed by atoms with Gasteiger partial charge in [0.15, 0.2) is 6.10 Å². The average molecular weight is 234 g/mol. The van der Waals surface area contributed by atoms with Crippen LogP contribution in [0.25, 0.3) is 0 Å². The Bertz CT molecular complexity index is 386. The van der Waals surface area contributed by atoms with E-state index in [2.05, 4.69) is 10.6 Å². The highest BCUT2D eigenvalue weighted by atomic mass is 16.3. The highest BCUT2D eigenvalue weighted by Gasteiger charge is 2.32. The lowest BCUT2D eigenvalue weighted by molar-refractivity contribution is -0.131. The summed E-state index contributed by atoms with van der Waals surface area (Å²) in [7, 11) is 0. The number of rotatable bonds is 3. The summed E-state index contributed by atoms with van der Waals surface area (Å²) in [6.45, 7) is 3.64. The largest absolute Gasteiger partial charge is 0.378 e. The second-order valence-corrected chi connectivity index (χ2v) is 4.79. The zero-order chi connectivity index (χ0) is 12.3. The molecule has 92 valence electrons. The SMILES string of the molecule is CC1(NC(=O)C(O)c2ccccc2)CCNC1. The van der Waals surface area contributed by atoms with Gasteiger partial charge in [-0.1, -0.05) is 30.3 Å². The van der Waals surface area contributed by atoms with Crippen LogP contribution in [0.15, 0.2) is 30.3 Å². The number of hydrogen-bond donors (Lipinski definition) is 3. The molecule has 1 aromatic rings. The lowest BCUT2D eigenvalue weighted by atomic mass is 10.0. The summed E-state index contributed by atoms with van der Waals surface area (Å²) in [4.78, 5) is 11.9. The maximum Gasteiger partial charge on any atom is 0.253 e. The van der Waals surface area contributed by atoms with Gasteiger partial charge in [0, 0.05) is 6.54 Å². The Morgan fingerprint density at radius 2 is 2.18 bits per heavy atom. The van der Waals surface area contributed by atoms with Gasteiger partial charge in [0.25, 0.3) is 5.91 Å². The summed E-state index contributed by atoms with van der Waals surface area (Å²) in [6, 6.07) is 8.98. The van der Waals surface area contributed by atoms with Gasteiger partial charge in [0.1, 0.15) is 0 Å². The fraction of sp³-hybridized carbons (Fsp3) is 0.462. The molecular weight excluding hydrogens is 216 g/mol. The van der Waals surface area contributed by atoms with Crippen LogP contribution in [0.3, 0.4) is 0 Å². The van der Waals surface area contributed by atoms with Crippen molar-refractivity contribution in [3.8, 4) is 0 Å². The first-order valence-electron chi connectivity index (χ1n) is 5.86. The number of aliphatic hydroxyl groups is 1. The fourth-order valence-corrected chi connectivity index (χ4v) is 2.08. The third-order valence-corrected chi connectivity index (χ3v) is 3.16. The monoisotopic (exact) mass is 234 g/mol. The number of aliphatic hydroxyl groups excluding tert-OH is 1. The van der Waals surface area contributed by atoms with Crippen LogP contribution in [0.4, 0.5) is 0 Å².